The number of carbonyl (C=O) groups excluding carboxylic acids is 1. The van der Waals surface area contributed by atoms with Crippen molar-refractivity contribution in [1.29, 1.82) is 0 Å². The molecule has 4 aromatic rings. The van der Waals surface area contributed by atoms with Gasteiger partial charge in [0.05, 0.1) is 29.7 Å². The van der Waals surface area contributed by atoms with Gasteiger partial charge in [-0.05, 0) is 55.3 Å². The van der Waals surface area contributed by atoms with Crippen LogP contribution in [0.15, 0.2) is 72.9 Å². The fraction of sp³-hybridized carbons (Fsp3) is 0.231. The summed E-state index contributed by atoms with van der Waals surface area (Å²) < 4.78 is 18.3. The molecule has 2 amide bonds. The highest BCUT2D eigenvalue weighted by Crippen LogP contribution is 2.38. The summed E-state index contributed by atoms with van der Waals surface area (Å²) in [4.78, 5) is 15.2. The second-order valence-electron chi connectivity index (χ2n) is 8.26. The van der Waals surface area contributed by atoms with E-state index in [0.29, 0.717) is 13.1 Å². The Morgan fingerprint density at radius 3 is 2.70 bits per heavy atom. The largest absolute Gasteiger partial charge is 0.338 e. The summed E-state index contributed by atoms with van der Waals surface area (Å²) in [6.45, 7) is 4.91. The van der Waals surface area contributed by atoms with Crippen LogP contribution >= 0.6 is 0 Å². The van der Waals surface area contributed by atoms with Gasteiger partial charge in [-0.25, -0.2) is 13.9 Å². The molecular weight excluding hydrogens is 417 g/mol. The van der Waals surface area contributed by atoms with E-state index in [2.05, 4.69) is 9.88 Å². The van der Waals surface area contributed by atoms with Crippen LogP contribution in [0.4, 0.5) is 9.18 Å². The van der Waals surface area contributed by atoms with E-state index in [4.69, 9.17) is 5.10 Å². The minimum Gasteiger partial charge on any atom is -0.338 e. The third-order valence-corrected chi connectivity index (χ3v) is 6.04. The fourth-order valence-corrected chi connectivity index (χ4v) is 4.51. The molecule has 0 spiro atoms. The number of urea groups is 1. The second kappa shape index (κ2) is 8.58. The predicted molar refractivity (Wildman–Crippen MR) is 125 cm³/mol. The van der Waals surface area contributed by atoms with Crippen LogP contribution in [-0.4, -0.2) is 31.8 Å². The van der Waals surface area contributed by atoms with Crippen molar-refractivity contribution in [2.24, 2.45) is 0 Å². The van der Waals surface area contributed by atoms with Crippen molar-refractivity contribution in [2.75, 3.05) is 6.54 Å². The number of fused-ring (bicyclic) bond motifs is 3. The molecule has 0 saturated carbocycles. The van der Waals surface area contributed by atoms with Gasteiger partial charge in [-0.1, -0.05) is 37.3 Å². The number of para-hydroxylation sites is 1. The molecule has 0 aliphatic carbocycles. The van der Waals surface area contributed by atoms with Crippen molar-refractivity contribution < 1.29 is 9.18 Å². The van der Waals surface area contributed by atoms with E-state index in [1.54, 1.807) is 11.0 Å². The molecule has 33 heavy (non-hydrogen) atoms. The third-order valence-electron chi connectivity index (χ3n) is 6.04. The first-order chi connectivity index (χ1) is 16.1. The molecule has 0 saturated heterocycles. The lowest BCUT2D eigenvalue weighted by Gasteiger charge is -2.31. The van der Waals surface area contributed by atoms with Crippen molar-refractivity contribution in [1.82, 2.24) is 24.6 Å². The van der Waals surface area contributed by atoms with Crippen molar-refractivity contribution in [3.8, 4) is 11.5 Å². The smallest absolute Gasteiger partial charge is 0.318 e. The van der Waals surface area contributed by atoms with Crippen molar-refractivity contribution in [3.63, 3.8) is 0 Å². The zero-order chi connectivity index (χ0) is 22.9. The third kappa shape index (κ3) is 3.69. The summed E-state index contributed by atoms with van der Waals surface area (Å²) in [5, 5.41) is 7.84. The number of halogens is 1. The Labute approximate surface area is 192 Å². The van der Waals surface area contributed by atoms with E-state index in [-0.39, 0.29) is 11.8 Å². The summed E-state index contributed by atoms with van der Waals surface area (Å²) in [6, 6.07) is 19.7. The molecular formula is C26H26FN5O. The zero-order valence-corrected chi connectivity index (χ0v) is 18.7. The highest BCUT2D eigenvalue weighted by molar-refractivity contribution is 5.76. The average Bonchev–Trinajstić information content (AvgIpc) is 3.38. The first-order valence-electron chi connectivity index (χ1n) is 11.2. The zero-order valence-electron chi connectivity index (χ0n) is 18.7. The first kappa shape index (κ1) is 21.0. The molecule has 0 unspecified atom stereocenters. The van der Waals surface area contributed by atoms with E-state index in [1.807, 2.05) is 73.3 Å². The summed E-state index contributed by atoms with van der Waals surface area (Å²) in [7, 11) is 0. The van der Waals surface area contributed by atoms with Gasteiger partial charge in [0.15, 0.2) is 0 Å². The van der Waals surface area contributed by atoms with Crippen LogP contribution in [0.1, 0.15) is 41.9 Å². The molecule has 0 radical (unpaired) electrons. The lowest BCUT2D eigenvalue weighted by atomic mass is 10.0. The maximum Gasteiger partial charge on any atom is 0.318 e. The van der Waals surface area contributed by atoms with E-state index in [1.165, 1.54) is 12.1 Å². The molecule has 1 atom stereocenters. The molecule has 5 rings (SSSR count). The topological polar surface area (TPSA) is 55.1 Å². The Balaban J connectivity index is 1.74. The van der Waals surface area contributed by atoms with Gasteiger partial charge in [0.1, 0.15) is 11.6 Å². The fourth-order valence-electron chi connectivity index (χ4n) is 4.51. The normalized spacial score (nSPS) is 15.0. The standard InChI is InChI=1S/C26H26FN5O/c1-3-14-28-26(33)31-17-22-18(2)29-32(21-11-5-4-6-12-21)25(22)30-15-8-13-23(30)24(31)19-9-7-10-20(27)16-19/h4-13,15-16,24H,3,14,17H2,1-2H3,(H,28,33)/t24-/m1/s1. The monoisotopic (exact) mass is 443 g/mol. The molecule has 168 valence electrons. The van der Waals surface area contributed by atoms with Crippen LogP contribution in [0.25, 0.3) is 11.5 Å². The van der Waals surface area contributed by atoms with Gasteiger partial charge < -0.3 is 14.8 Å². The van der Waals surface area contributed by atoms with E-state index >= 15 is 0 Å². The molecule has 2 aromatic heterocycles. The minimum absolute atomic E-state index is 0.182. The number of nitrogens with zero attached hydrogens (tertiary/aromatic N) is 4. The van der Waals surface area contributed by atoms with Crippen molar-refractivity contribution >= 4 is 6.03 Å². The Kier molecular flexibility index (Phi) is 5.46. The van der Waals surface area contributed by atoms with Gasteiger partial charge in [0, 0.05) is 18.3 Å². The SMILES string of the molecule is CCCNC(=O)N1Cc2c(C)nn(-c3ccccc3)c2-n2cccc2[C@H]1c1cccc(F)c1. The summed E-state index contributed by atoms with van der Waals surface area (Å²) in [5.74, 6) is 0.568. The number of aryl methyl sites for hydroxylation is 1. The van der Waals surface area contributed by atoms with Crippen LogP contribution in [0.5, 0.6) is 0 Å². The van der Waals surface area contributed by atoms with E-state index < -0.39 is 6.04 Å². The molecule has 1 aliphatic rings. The van der Waals surface area contributed by atoms with E-state index in [9.17, 15) is 9.18 Å². The van der Waals surface area contributed by atoms with Crippen LogP contribution in [0.2, 0.25) is 0 Å². The Morgan fingerprint density at radius 1 is 1.12 bits per heavy atom. The Hall–Kier alpha value is -3.87. The van der Waals surface area contributed by atoms with Gasteiger partial charge in [-0.2, -0.15) is 5.10 Å². The predicted octanol–water partition coefficient (Wildman–Crippen LogP) is 5.14. The van der Waals surface area contributed by atoms with Gasteiger partial charge in [0.2, 0.25) is 0 Å². The number of hydrogen-bond donors (Lipinski definition) is 1. The number of amides is 2. The lowest BCUT2D eigenvalue weighted by molar-refractivity contribution is 0.180. The van der Waals surface area contributed by atoms with Gasteiger partial charge in [-0.3, -0.25) is 0 Å². The average molecular weight is 444 g/mol. The number of rotatable bonds is 4. The number of carbonyl (C=O) groups is 1. The maximum absolute atomic E-state index is 14.3. The molecule has 1 N–H and O–H groups in total. The molecule has 0 bridgehead atoms. The van der Waals surface area contributed by atoms with Crippen LogP contribution in [-0.2, 0) is 6.54 Å². The molecule has 7 heteroatoms. The van der Waals surface area contributed by atoms with Gasteiger partial charge in [-0.15, -0.1) is 0 Å². The molecule has 1 aliphatic heterocycles. The van der Waals surface area contributed by atoms with E-state index in [0.717, 1.165) is 40.4 Å². The van der Waals surface area contributed by atoms with Crippen LogP contribution < -0.4 is 5.32 Å². The van der Waals surface area contributed by atoms with Crippen LogP contribution in [0.3, 0.4) is 0 Å². The minimum atomic E-state index is -0.455. The number of nitrogens with one attached hydrogen (secondary N) is 1. The van der Waals surface area contributed by atoms with Crippen molar-refractivity contribution in [3.05, 3.63) is 101 Å². The molecule has 0 fully saturated rings. The quantitative estimate of drug-likeness (QED) is 0.475. The van der Waals surface area contributed by atoms with Gasteiger partial charge >= 0.3 is 6.03 Å². The maximum atomic E-state index is 14.3. The first-order valence-corrected chi connectivity index (χ1v) is 11.2. The molecule has 2 aromatic carbocycles. The summed E-state index contributed by atoms with van der Waals surface area (Å²) in [6.07, 6.45) is 2.81. The van der Waals surface area contributed by atoms with Gasteiger partial charge in [0.25, 0.3) is 0 Å². The van der Waals surface area contributed by atoms with Crippen molar-refractivity contribution in [2.45, 2.75) is 32.9 Å². The molecule has 6 nitrogen and oxygen atoms in total. The molecule has 3 heterocycles. The lowest BCUT2D eigenvalue weighted by Crippen LogP contribution is -2.42. The Morgan fingerprint density at radius 2 is 1.94 bits per heavy atom. The summed E-state index contributed by atoms with van der Waals surface area (Å²) >= 11 is 0. The highest BCUT2D eigenvalue weighted by Gasteiger charge is 2.35. The number of hydrogen-bond acceptors (Lipinski definition) is 2. The Bertz CT molecular complexity index is 1290. The van der Waals surface area contributed by atoms with Crippen LogP contribution in [0, 0.1) is 12.7 Å². The summed E-state index contributed by atoms with van der Waals surface area (Å²) in [5.41, 5.74) is 4.35. The second-order valence-corrected chi connectivity index (χ2v) is 8.26. The highest BCUT2D eigenvalue weighted by atomic mass is 19.1. The number of benzene rings is 2. The number of aromatic nitrogens is 3.